The number of hydrogen-bond acceptors (Lipinski definition) is 5. The number of benzene rings is 1. The predicted molar refractivity (Wildman–Crippen MR) is 113 cm³/mol. The van der Waals surface area contributed by atoms with Crippen LogP contribution in [0, 0.1) is 0 Å². The molecule has 0 aliphatic heterocycles. The minimum absolute atomic E-state index is 0.269. The molecule has 0 heterocycles. The first kappa shape index (κ1) is 21.7. The number of aliphatic hydroxyl groups excluding tert-OH is 1. The largest absolute Gasteiger partial charge is 0.497 e. The van der Waals surface area contributed by atoms with E-state index in [-0.39, 0.29) is 6.54 Å². The van der Waals surface area contributed by atoms with Crippen molar-refractivity contribution < 1.29 is 14.6 Å². The molecule has 1 aromatic rings. The number of methoxy groups -OCH3 is 2. The topological polar surface area (TPSA) is 75.1 Å². The normalized spacial score (nSPS) is 21.0. The van der Waals surface area contributed by atoms with E-state index < -0.39 is 6.10 Å². The zero-order valence-electron chi connectivity index (χ0n) is 16.8. The molecule has 3 atom stereocenters. The number of guanidine groups is 1. The second kappa shape index (κ2) is 11.3. The summed E-state index contributed by atoms with van der Waals surface area (Å²) in [6, 6.07) is 5.86. The predicted octanol–water partition coefficient (Wildman–Crippen LogP) is 2.97. The monoisotopic (exact) mass is 395 g/mol. The Balaban J connectivity index is 1.99. The molecule has 152 valence electrons. The van der Waals surface area contributed by atoms with Crippen molar-refractivity contribution in [1.82, 2.24) is 10.6 Å². The third kappa shape index (κ3) is 6.81. The lowest BCUT2D eigenvalue weighted by molar-refractivity contribution is 0.186. The van der Waals surface area contributed by atoms with Gasteiger partial charge < -0.3 is 25.2 Å². The number of nitrogens with one attached hydrogen (secondary N) is 2. The number of nitrogens with zero attached hydrogens (tertiary/aromatic N) is 1. The summed E-state index contributed by atoms with van der Waals surface area (Å²) in [7, 11) is 3.20. The molecule has 2 rings (SSSR count). The third-order valence-electron chi connectivity index (χ3n) is 4.65. The standard InChI is InChI=1S/C20H33N3O3S/c1-5-21-20(23-15-7-8-18(11-15)27-6-2)22-13-19(24)14-9-16(25-3)12-17(10-14)26-4/h9-10,12,15,18-19,24H,5-8,11,13H2,1-4H3,(H2,21,22,23). The van der Waals surface area contributed by atoms with Crippen LogP contribution in [0.4, 0.5) is 0 Å². The van der Waals surface area contributed by atoms with Crippen molar-refractivity contribution in [2.75, 3.05) is 33.1 Å². The molecule has 0 bridgehead atoms. The van der Waals surface area contributed by atoms with Crippen LogP contribution in [0.2, 0.25) is 0 Å². The first-order valence-electron chi connectivity index (χ1n) is 9.67. The average molecular weight is 396 g/mol. The molecule has 1 fully saturated rings. The molecule has 3 N–H and O–H groups in total. The quantitative estimate of drug-likeness (QED) is 0.441. The smallest absolute Gasteiger partial charge is 0.191 e. The van der Waals surface area contributed by atoms with E-state index in [1.54, 1.807) is 20.3 Å². The van der Waals surface area contributed by atoms with Crippen LogP contribution in [0.1, 0.15) is 44.8 Å². The van der Waals surface area contributed by atoms with Gasteiger partial charge in [-0.05, 0) is 49.6 Å². The van der Waals surface area contributed by atoms with Crippen molar-refractivity contribution in [3.05, 3.63) is 23.8 Å². The molecule has 7 heteroatoms. The Kier molecular flexibility index (Phi) is 9.07. The SMILES string of the molecule is CCNC(=NCC(O)c1cc(OC)cc(OC)c1)NC1CCC(SCC)C1. The zero-order valence-corrected chi connectivity index (χ0v) is 17.6. The van der Waals surface area contributed by atoms with Crippen molar-refractivity contribution in [1.29, 1.82) is 0 Å². The number of ether oxygens (including phenoxy) is 2. The summed E-state index contributed by atoms with van der Waals surface area (Å²) in [5, 5.41) is 18.1. The molecule has 1 aliphatic carbocycles. The molecular weight excluding hydrogens is 362 g/mol. The van der Waals surface area contributed by atoms with E-state index in [4.69, 9.17) is 9.47 Å². The number of hydrogen-bond donors (Lipinski definition) is 3. The van der Waals surface area contributed by atoms with Gasteiger partial charge in [0.1, 0.15) is 11.5 Å². The number of thioether (sulfide) groups is 1. The Bertz CT molecular complexity index is 590. The van der Waals surface area contributed by atoms with Gasteiger partial charge in [-0.25, -0.2) is 0 Å². The van der Waals surface area contributed by atoms with Crippen LogP contribution < -0.4 is 20.1 Å². The Morgan fingerprint density at radius 1 is 1.22 bits per heavy atom. The molecule has 0 aromatic heterocycles. The van der Waals surface area contributed by atoms with Gasteiger partial charge in [0.2, 0.25) is 0 Å². The highest BCUT2D eigenvalue weighted by Gasteiger charge is 2.25. The van der Waals surface area contributed by atoms with E-state index in [0.717, 1.165) is 29.7 Å². The molecule has 27 heavy (non-hydrogen) atoms. The van der Waals surface area contributed by atoms with Gasteiger partial charge in [-0.15, -0.1) is 0 Å². The van der Waals surface area contributed by atoms with Gasteiger partial charge in [0.15, 0.2) is 5.96 Å². The Labute approximate surface area is 167 Å². The molecule has 3 unspecified atom stereocenters. The molecule has 1 aliphatic rings. The van der Waals surface area contributed by atoms with Gasteiger partial charge >= 0.3 is 0 Å². The van der Waals surface area contributed by atoms with E-state index in [2.05, 4.69) is 22.5 Å². The molecule has 1 saturated carbocycles. The Hall–Kier alpha value is -1.60. The molecule has 1 aromatic carbocycles. The fraction of sp³-hybridized carbons (Fsp3) is 0.650. The van der Waals surface area contributed by atoms with Crippen molar-refractivity contribution >= 4 is 17.7 Å². The minimum Gasteiger partial charge on any atom is -0.497 e. The molecule has 0 radical (unpaired) electrons. The van der Waals surface area contributed by atoms with Crippen LogP contribution in [0.15, 0.2) is 23.2 Å². The van der Waals surface area contributed by atoms with Gasteiger partial charge in [0.25, 0.3) is 0 Å². The summed E-state index contributed by atoms with van der Waals surface area (Å²) in [6.07, 6.45) is 2.86. The molecule has 0 amide bonds. The highest BCUT2D eigenvalue weighted by Crippen LogP contribution is 2.30. The van der Waals surface area contributed by atoms with Gasteiger partial charge in [-0.2, -0.15) is 11.8 Å². The van der Waals surface area contributed by atoms with Crippen LogP contribution in [-0.4, -0.2) is 55.4 Å². The summed E-state index contributed by atoms with van der Waals surface area (Å²) in [6.45, 7) is 5.32. The van der Waals surface area contributed by atoms with Gasteiger partial charge in [0, 0.05) is 23.9 Å². The maximum atomic E-state index is 10.6. The lowest BCUT2D eigenvalue weighted by atomic mass is 10.1. The third-order valence-corrected chi connectivity index (χ3v) is 5.89. The fourth-order valence-corrected chi connectivity index (χ4v) is 4.42. The van der Waals surface area contributed by atoms with Crippen LogP contribution in [-0.2, 0) is 0 Å². The van der Waals surface area contributed by atoms with E-state index in [1.165, 1.54) is 18.6 Å². The van der Waals surface area contributed by atoms with Crippen LogP contribution >= 0.6 is 11.8 Å². The number of aliphatic imine (C=N–C) groups is 1. The maximum Gasteiger partial charge on any atom is 0.191 e. The molecule has 0 saturated heterocycles. The van der Waals surface area contributed by atoms with Gasteiger partial charge in [0.05, 0.1) is 26.9 Å². The summed E-state index contributed by atoms with van der Waals surface area (Å²) in [4.78, 5) is 4.59. The average Bonchev–Trinajstić information content (AvgIpc) is 3.12. The maximum absolute atomic E-state index is 10.6. The van der Waals surface area contributed by atoms with Crippen LogP contribution in [0.3, 0.4) is 0 Å². The van der Waals surface area contributed by atoms with E-state index >= 15 is 0 Å². The van der Waals surface area contributed by atoms with Crippen molar-refractivity contribution in [2.45, 2.75) is 50.5 Å². The molecular formula is C20H33N3O3S. The number of rotatable bonds is 9. The summed E-state index contributed by atoms with van der Waals surface area (Å²) in [5.41, 5.74) is 0.728. The Morgan fingerprint density at radius 2 is 1.93 bits per heavy atom. The lowest BCUT2D eigenvalue weighted by Gasteiger charge is -2.18. The molecule has 6 nitrogen and oxygen atoms in total. The van der Waals surface area contributed by atoms with E-state index in [0.29, 0.717) is 17.5 Å². The first-order valence-corrected chi connectivity index (χ1v) is 10.7. The van der Waals surface area contributed by atoms with E-state index in [9.17, 15) is 5.11 Å². The molecule has 0 spiro atoms. The summed E-state index contributed by atoms with van der Waals surface area (Å²) < 4.78 is 10.6. The van der Waals surface area contributed by atoms with Gasteiger partial charge in [-0.3, -0.25) is 4.99 Å². The van der Waals surface area contributed by atoms with Crippen molar-refractivity contribution in [2.24, 2.45) is 4.99 Å². The summed E-state index contributed by atoms with van der Waals surface area (Å²) >= 11 is 2.04. The zero-order chi connectivity index (χ0) is 19.6. The van der Waals surface area contributed by atoms with Crippen molar-refractivity contribution in [3.63, 3.8) is 0 Å². The second-order valence-electron chi connectivity index (χ2n) is 6.61. The van der Waals surface area contributed by atoms with E-state index in [1.807, 2.05) is 30.8 Å². The lowest BCUT2D eigenvalue weighted by Crippen LogP contribution is -2.42. The highest BCUT2D eigenvalue weighted by molar-refractivity contribution is 7.99. The van der Waals surface area contributed by atoms with Crippen LogP contribution in [0.25, 0.3) is 0 Å². The number of aliphatic hydroxyl groups is 1. The first-order chi connectivity index (χ1) is 13.1. The summed E-state index contributed by atoms with van der Waals surface area (Å²) in [5.74, 6) is 3.24. The Morgan fingerprint density at radius 3 is 2.52 bits per heavy atom. The van der Waals surface area contributed by atoms with Crippen LogP contribution in [0.5, 0.6) is 11.5 Å². The van der Waals surface area contributed by atoms with Crippen molar-refractivity contribution in [3.8, 4) is 11.5 Å². The highest BCUT2D eigenvalue weighted by atomic mass is 32.2. The van der Waals surface area contributed by atoms with Gasteiger partial charge in [-0.1, -0.05) is 6.92 Å². The fourth-order valence-electron chi connectivity index (χ4n) is 3.28. The second-order valence-corrected chi connectivity index (χ2v) is 8.19. The minimum atomic E-state index is -0.726.